The number of aromatic nitrogens is 3. The van der Waals surface area contributed by atoms with E-state index in [0.29, 0.717) is 10.7 Å². The average molecular weight is 385 g/mol. The van der Waals surface area contributed by atoms with Gasteiger partial charge in [-0.05, 0) is 19.1 Å². The first-order valence-corrected chi connectivity index (χ1v) is 9.94. The number of carbonyl (C=O) groups excluding carboxylic acids is 1. The topological polar surface area (TPSA) is 47.8 Å². The zero-order valence-electron chi connectivity index (χ0n) is 15.4. The molecular formula is C23H19N3OS. The lowest BCUT2D eigenvalue weighted by Gasteiger charge is -2.13. The van der Waals surface area contributed by atoms with Crippen LogP contribution in [0.2, 0.25) is 0 Å². The fourth-order valence-electron chi connectivity index (χ4n) is 2.98. The van der Waals surface area contributed by atoms with Crippen molar-refractivity contribution in [3.05, 3.63) is 96.6 Å². The van der Waals surface area contributed by atoms with Gasteiger partial charge in [-0.1, -0.05) is 90.6 Å². The van der Waals surface area contributed by atoms with Crippen molar-refractivity contribution >= 4 is 17.5 Å². The van der Waals surface area contributed by atoms with Gasteiger partial charge in [0.15, 0.2) is 16.8 Å². The molecule has 0 aliphatic carbocycles. The summed E-state index contributed by atoms with van der Waals surface area (Å²) < 4.78 is 2.01. The van der Waals surface area contributed by atoms with Gasteiger partial charge in [0.05, 0.1) is 5.25 Å². The minimum absolute atomic E-state index is 0.0782. The second-order valence-electron chi connectivity index (χ2n) is 6.33. The smallest absolute Gasteiger partial charge is 0.196 e. The first-order valence-electron chi connectivity index (χ1n) is 9.06. The quantitative estimate of drug-likeness (QED) is 0.334. The van der Waals surface area contributed by atoms with E-state index in [2.05, 4.69) is 10.2 Å². The van der Waals surface area contributed by atoms with E-state index in [1.807, 2.05) is 102 Å². The van der Waals surface area contributed by atoms with E-state index in [0.717, 1.165) is 17.1 Å². The highest BCUT2D eigenvalue weighted by Crippen LogP contribution is 2.31. The average Bonchev–Trinajstić information content (AvgIpc) is 3.18. The van der Waals surface area contributed by atoms with Gasteiger partial charge in [-0.25, -0.2) is 0 Å². The van der Waals surface area contributed by atoms with Crippen LogP contribution in [-0.4, -0.2) is 25.8 Å². The van der Waals surface area contributed by atoms with E-state index in [-0.39, 0.29) is 11.0 Å². The van der Waals surface area contributed by atoms with Crippen molar-refractivity contribution in [1.82, 2.24) is 14.8 Å². The SMILES string of the molecule is CC(Sc1nnc(-c2ccccc2)n1-c1ccccc1)C(=O)c1ccccc1. The van der Waals surface area contributed by atoms with Crippen molar-refractivity contribution < 1.29 is 4.79 Å². The number of hydrogen-bond donors (Lipinski definition) is 0. The Morgan fingerprint density at radius 1 is 0.821 bits per heavy atom. The third-order valence-electron chi connectivity index (χ3n) is 4.39. The zero-order chi connectivity index (χ0) is 19.3. The molecule has 0 N–H and O–H groups in total. The van der Waals surface area contributed by atoms with E-state index >= 15 is 0 Å². The van der Waals surface area contributed by atoms with Crippen LogP contribution in [0.25, 0.3) is 17.1 Å². The number of Topliss-reactive ketones (excluding diaryl/α,β-unsaturated/α-hetero) is 1. The van der Waals surface area contributed by atoms with Crippen LogP contribution in [0.15, 0.2) is 96.2 Å². The molecule has 0 aliphatic heterocycles. The summed E-state index contributed by atoms with van der Waals surface area (Å²) in [5.74, 6) is 0.836. The minimum Gasteiger partial charge on any atom is -0.293 e. The Morgan fingerprint density at radius 3 is 2.04 bits per heavy atom. The van der Waals surface area contributed by atoms with Gasteiger partial charge in [0, 0.05) is 16.8 Å². The summed E-state index contributed by atoms with van der Waals surface area (Å²) in [6.07, 6.45) is 0. The lowest BCUT2D eigenvalue weighted by molar-refractivity contribution is 0.0994. The van der Waals surface area contributed by atoms with Crippen LogP contribution in [0, 0.1) is 0 Å². The molecule has 1 aromatic heterocycles. The molecule has 4 aromatic rings. The molecule has 0 saturated carbocycles. The molecule has 1 atom stereocenters. The van der Waals surface area contributed by atoms with Gasteiger partial charge in [-0.2, -0.15) is 0 Å². The summed E-state index contributed by atoms with van der Waals surface area (Å²) in [5, 5.41) is 9.25. The van der Waals surface area contributed by atoms with Gasteiger partial charge in [0.1, 0.15) is 0 Å². The van der Waals surface area contributed by atoms with Crippen LogP contribution in [0.4, 0.5) is 0 Å². The molecule has 138 valence electrons. The van der Waals surface area contributed by atoms with Crippen LogP contribution in [0.1, 0.15) is 17.3 Å². The summed E-state index contributed by atoms with van der Waals surface area (Å²) in [7, 11) is 0. The number of hydrogen-bond acceptors (Lipinski definition) is 4. The Labute approximate surface area is 168 Å². The summed E-state index contributed by atoms with van der Waals surface area (Å²) >= 11 is 1.42. The Morgan fingerprint density at radius 2 is 1.39 bits per heavy atom. The highest BCUT2D eigenvalue weighted by Gasteiger charge is 2.22. The van der Waals surface area contributed by atoms with E-state index < -0.39 is 0 Å². The molecule has 3 aromatic carbocycles. The van der Waals surface area contributed by atoms with Crippen molar-refractivity contribution in [3.8, 4) is 17.1 Å². The van der Waals surface area contributed by atoms with Crippen molar-refractivity contribution in [3.63, 3.8) is 0 Å². The zero-order valence-corrected chi connectivity index (χ0v) is 16.2. The molecule has 1 heterocycles. The molecule has 0 spiro atoms. The van der Waals surface area contributed by atoms with Crippen molar-refractivity contribution in [1.29, 1.82) is 0 Å². The number of carbonyl (C=O) groups is 1. The number of para-hydroxylation sites is 1. The second kappa shape index (κ2) is 8.23. The monoisotopic (exact) mass is 385 g/mol. The van der Waals surface area contributed by atoms with Crippen LogP contribution < -0.4 is 0 Å². The molecule has 0 radical (unpaired) electrons. The largest absolute Gasteiger partial charge is 0.293 e. The van der Waals surface area contributed by atoms with E-state index in [1.165, 1.54) is 11.8 Å². The standard InChI is InChI=1S/C23H19N3OS/c1-17(21(27)18-11-5-2-6-12-18)28-23-25-24-22(19-13-7-3-8-14-19)26(23)20-15-9-4-10-16-20/h2-17H,1H3. The lowest BCUT2D eigenvalue weighted by atomic mass is 10.1. The summed E-state index contributed by atoms with van der Waals surface area (Å²) in [4.78, 5) is 12.8. The van der Waals surface area contributed by atoms with Crippen molar-refractivity contribution in [2.24, 2.45) is 0 Å². The maximum Gasteiger partial charge on any atom is 0.196 e. The Bertz CT molecular complexity index is 1060. The van der Waals surface area contributed by atoms with Gasteiger partial charge in [0.2, 0.25) is 0 Å². The van der Waals surface area contributed by atoms with Crippen molar-refractivity contribution in [2.75, 3.05) is 0 Å². The van der Waals surface area contributed by atoms with Gasteiger partial charge < -0.3 is 0 Å². The molecule has 0 amide bonds. The molecule has 0 aliphatic rings. The Hall–Kier alpha value is -3.18. The Balaban J connectivity index is 1.71. The molecule has 0 fully saturated rings. The Kier molecular flexibility index (Phi) is 5.35. The van der Waals surface area contributed by atoms with E-state index in [1.54, 1.807) is 0 Å². The normalized spacial score (nSPS) is 11.9. The molecule has 28 heavy (non-hydrogen) atoms. The predicted octanol–water partition coefficient (Wildman–Crippen LogP) is 5.30. The lowest BCUT2D eigenvalue weighted by Crippen LogP contribution is -2.14. The van der Waals surface area contributed by atoms with E-state index in [9.17, 15) is 4.79 Å². The number of ketones is 1. The summed E-state index contributed by atoms with van der Waals surface area (Å²) in [6, 6.07) is 29.3. The van der Waals surface area contributed by atoms with Gasteiger partial charge in [-0.3, -0.25) is 9.36 Å². The predicted molar refractivity (Wildman–Crippen MR) is 113 cm³/mol. The maximum absolute atomic E-state index is 12.8. The molecule has 4 rings (SSSR count). The summed E-state index contributed by atoms with van der Waals surface area (Å²) in [6.45, 7) is 1.91. The van der Waals surface area contributed by atoms with Crippen LogP contribution >= 0.6 is 11.8 Å². The van der Waals surface area contributed by atoms with Crippen molar-refractivity contribution in [2.45, 2.75) is 17.3 Å². The third kappa shape index (κ3) is 3.75. The number of thioether (sulfide) groups is 1. The fourth-order valence-corrected chi connectivity index (χ4v) is 3.92. The number of nitrogens with zero attached hydrogens (tertiary/aromatic N) is 3. The fraction of sp³-hybridized carbons (Fsp3) is 0.0870. The van der Waals surface area contributed by atoms with Crippen LogP contribution in [0.5, 0.6) is 0 Å². The number of benzene rings is 3. The van der Waals surface area contributed by atoms with E-state index in [4.69, 9.17) is 0 Å². The van der Waals surface area contributed by atoms with Crippen LogP contribution in [0.3, 0.4) is 0 Å². The molecule has 0 bridgehead atoms. The molecule has 4 nitrogen and oxygen atoms in total. The second-order valence-corrected chi connectivity index (χ2v) is 7.64. The minimum atomic E-state index is -0.280. The van der Waals surface area contributed by atoms with Gasteiger partial charge in [-0.15, -0.1) is 10.2 Å². The highest BCUT2D eigenvalue weighted by atomic mass is 32.2. The molecular weight excluding hydrogens is 366 g/mol. The molecule has 5 heteroatoms. The molecule has 0 saturated heterocycles. The highest BCUT2D eigenvalue weighted by molar-refractivity contribution is 8.00. The third-order valence-corrected chi connectivity index (χ3v) is 5.43. The van der Waals surface area contributed by atoms with Gasteiger partial charge >= 0.3 is 0 Å². The van der Waals surface area contributed by atoms with Crippen LogP contribution in [-0.2, 0) is 0 Å². The maximum atomic E-state index is 12.8. The number of rotatable bonds is 6. The first-order chi connectivity index (χ1) is 13.7. The van der Waals surface area contributed by atoms with Gasteiger partial charge in [0.25, 0.3) is 0 Å². The molecule has 1 unspecified atom stereocenters. The summed E-state index contributed by atoms with van der Waals surface area (Å²) in [5.41, 5.74) is 2.65. The first kappa shape index (κ1) is 18.2.